The van der Waals surface area contributed by atoms with Crippen molar-refractivity contribution in [2.24, 2.45) is 0 Å². The number of rotatable bonds is 11. The second kappa shape index (κ2) is 13.9. The van der Waals surface area contributed by atoms with Gasteiger partial charge in [0.15, 0.2) is 8.32 Å². The number of halogens is 2. The summed E-state index contributed by atoms with van der Waals surface area (Å²) in [6, 6.07) is 7.67. The highest BCUT2D eigenvalue weighted by Crippen LogP contribution is 2.47. The highest BCUT2D eigenvalue weighted by atomic mass is 28.4. The molecule has 1 aliphatic rings. The Morgan fingerprint density at radius 3 is 2.52 bits per heavy atom. The minimum Gasteiger partial charge on any atom is -0.443 e. The van der Waals surface area contributed by atoms with Crippen LogP contribution in [0.15, 0.2) is 30.6 Å². The van der Waals surface area contributed by atoms with E-state index in [-0.39, 0.29) is 17.5 Å². The minimum atomic E-state index is -2.57. The lowest BCUT2D eigenvalue weighted by atomic mass is 9.83. The van der Waals surface area contributed by atoms with Crippen LogP contribution in [0.3, 0.4) is 0 Å². The average molecular weight is 684 g/mol. The summed E-state index contributed by atoms with van der Waals surface area (Å²) in [6.07, 6.45) is 0.290. The van der Waals surface area contributed by atoms with Crippen molar-refractivity contribution in [3.63, 3.8) is 0 Å². The average Bonchev–Trinajstić information content (AvgIpc) is 3.50. The van der Waals surface area contributed by atoms with Gasteiger partial charge in [-0.1, -0.05) is 27.7 Å². The fourth-order valence-electron chi connectivity index (χ4n) is 5.25. The molecule has 0 saturated carbocycles. The molecule has 0 fully saturated rings. The number of fused-ring (bicyclic) bond motifs is 1. The van der Waals surface area contributed by atoms with Gasteiger partial charge in [0, 0.05) is 43.9 Å². The highest BCUT2D eigenvalue weighted by Gasteiger charge is 2.47. The maximum absolute atomic E-state index is 13.5. The fraction of sp³-hybridized carbons (Fsp3) is 0.559. The molecule has 0 unspecified atom stereocenters. The Balaban J connectivity index is 1.77. The van der Waals surface area contributed by atoms with E-state index < -0.39 is 38.4 Å². The monoisotopic (exact) mass is 683 g/mol. The molecule has 48 heavy (non-hydrogen) atoms. The predicted molar refractivity (Wildman–Crippen MR) is 183 cm³/mol. The Morgan fingerprint density at radius 1 is 1.21 bits per heavy atom. The zero-order valence-corrected chi connectivity index (χ0v) is 30.6. The van der Waals surface area contributed by atoms with Gasteiger partial charge >= 0.3 is 6.09 Å². The first-order chi connectivity index (χ1) is 22.3. The number of nitrogens with zero attached hydrogens (tertiary/aromatic N) is 6. The lowest BCUT2D eigenvalue weighted by molar-refractivity contribution is 0.0575. The Hall–Kier alpha value is -3.93. The maximum Gasteiger partial charge on any atom is 0.414 e. The number of nitriles is 1. The van der Waals surface area contributed by atoms with Crippen LogP contribution in [0, 0.1) is 11.3 Å². The molecular formula is C34H47F2N7O4Si. The normalized spacial score (nSPS) is 16.6. The Kier molecular flexibility index (Phi) is 10.7. The molecule has 1 aliphatic heterocycles. The van der Waals surface area contributed by atoms with Gasteiger partial charge in [0.1, 0.15) is 18.2 Å². The lowest BCUT2D eigenvalue weighted by Gasteiger charge is -2.39. The van der Waals surface area contributed by atoms with Crippen molar-refractivity contribution in [2.45, 2.75) is 97.0 Å². The van der Waals surface area contributed by atoms with Crippen molar-refractivity contribution >= 4 is 31.7 Å². The van der Waals surface area contributed by atoms with Crippen LogP contribution in [-0.2, 0) is 32.3 Å². The molecule has 3 heterocycles. The van der Waals surface area contributed by atoms with E-state index in [0.29, 0.717) is 53.5 Å². The zero-order valence-electron chi connectivity index (χ0n) is 29.6. The van der Waals surface area contributed by atoms with Gasteiger partial charge in [0.2, 0.25) is 5.95 Å². The molecule has 0 radical (unpaired) electrons. The van der Waals surface area contributed by atoms with Crippen molar-refractivity contribution < 1.29 is 27.5 Å². The number of anilines is 3. The van der Waals surface area contributed by atoms with Gasteiger partial charge in [-0.25, -0.2) is 23.5 Å². The number of benzene rings is 1. The Labute approximate surface area is 282 Å². The number of ether oxygens (including phenoxy) is 2. The van der Waals surface area contributed by atoms with Gasteiger partial charge in [0.05, 0.1) is 41.1 Å². The molecule has 260 valence electrons. The summed E-state index contributed by atoms with van der Waals surface area (Å²) in [6.45, 7) is 18.7. The van der Waals surface area contributed by atoms with Crippen LogP contribution in [-0.4, -0.2) is 73.1 Å². The molecule has 0 bridgehead atoms. The van der Waals surface area contributed by atoms with Gasteiger partial charge in [-0.2, -0.15) is 10.4 Å². The smallest absolute Gasteiger partial charge is 0.414 e. The lowest BCUT2D eigenvalue weighted by Crippen LogP contribution is -2.46. The summed E-state index contributed by atoms with van der Waals surface area (Å²) >= 11 is 0. The summed E-state index contributed by atoms with van der Waals surface area (Å²) in [7, 11) is -0.639. The van der Waals surface area contributed by atoms with Crippen molar-refractivity contribution in [3.8, 4) is 17.3 Å². The predicted octanol–water partition coefficient (Wildman–Crippen LogP) is 7.44. The maximum atomic E-state index is 13.5. The largest absolute Gasteiger partial charge is 0.443 e. The number of hydrogen-bond acceptors (Lipinski definition) is 9. The third kappa shape index (κ3) is 8.19. The molecule has 1 aromatic carbocycles. The van der Waals surface area contributed by atoms with Gasteiger partial charge in [-0.05, 0) is 62.7 Å². The molecule has 2 aromatic heterocycles. The summed E-state index contributed by atoms with van der Waals surface area (Å²) in [5, 5.41) is 17.6. The van der Waals surface area contributed by atoms with Crippen molar-refractivity contribution in [1.82, 2.24) is 19.7 Å². The van der Waals surface area contributed by atoms with Crippen LogP contribution >= 0.6 is 0 Å². The van der Waals surface area contributed by atoms with Crippen molar-refractivity contribution in [1.29, 1.82) is 5.26 Å². The Bertz CT molecular complexity index is 1680. The van der Waals surface area contributed by atoms with Crippen LogP contribution in [0.4, 0.5) is 30.9 Å². The summed E-state index contributed by atoms with van der Waals surface area (Å²) in [4.78, 5) is 24.2. The van der Waals surface area contributed by atoms with Crippen LogP contribution in [0.2, 0.25) is 18.1 Å². The summed E-state index contributed by atoms with van der Waals surface area (Å²) in [5.74, 6) is 0.223. The first-order valence-electron chi connectivity index (χ1n) is 15.9. The number of alkyl halides is 2. The van der Waals surface area contributed by atoms with E-state index in [9.17, 15) is 18.8 Å². The van der Waals surface area contributed by atoms with Crippen LogP contribution in [0.25, 0.3) is 11.3 Å². The van der Waals surface area contributed by atoms with Crippen LogP contribution in [0.5, 0.6) is 0 Å². The molecule has 14 heteroatoms. The van der Waals surface area contributed by atoms with E-state index in [1.54, 1.807) is 44.0 Å². The number of amides is 1. The fourth-order valence-corrected chi connectivity index (χ4v) is 6.36. The third-order valence-corrected chi connectivity index (χ3v) is 13.3. The highest BCUT2D eigenvalue weighted by molar-refractivity contribution is 6.74. The molecular weight excluding hydrogens is 637 g/mol. The summed E-state index contributed by atoms with van der Waals surface area (Å²) in [5.41, 5.74) is 2.38. The molecule has 3 aromatic rings. The molecule has 11 nitrogen and oxygen atoms in total. The van der Waals surface area contributed by atoms with Gasteiger partial charge in [0.25, 0.3) is 6.43 Å². The second-order valence-corrected chi connectivity index (χ2v) is 19.7. The quantitative estimate of drug-likeness (QED) is 0.205. The minimum absolute atomic E-state index is 0.0287. The standard InChI is InChI=1S/C34H47F2N7O4Si/c1-32(2,3)47-31(44)42-20-34(7,21-46-48(9,10)33(4,5)6)24-16-22(15-23(17-37)29(24)42)25-11-13-38-30(40-25)41-26-18-39-43(19-28(35)36)27(26)12-14-45-8/h11,13,15-16,18,28H,12,14,19-21H2,1-10H3,(H,38,40,41)/t34-/m1/s1. The number of nitrogens with one attached hydrogen (secondary N) is 1. The molecule has 1 N–H and O–H groups in total. The van der Waals surface area contributed by atoms with Gasteiger partial charge < -0.3 is 19.2 Å². The van der Waals surface area contributed by atoms with E-state index in [0.717, 1.165) is 5.56 Å². The molecule has 1 atom stereocenters. The Morgan fingerprint density at radius 2 is 1.92 bits per heavy atom. The molecule has 0 spiro atoms. The van der Waals surface area contributed by atoms with Crippen LogP contribution in [0.1, 0.15) is 65.3 Å². The van der Waals surface area contributed by atoms with Gasteiger partial charge in [-0.3, -0.25) is 9.58 Å². The molecule has 0 aliphatic carbocycles. The number of carbonyl (C=O) groups excluding carboxylic acids is 1. The third-order valence-electron chi connectivity index (χ3n) is 8.83. The summed E-state index contributed by atoms with van der Waals surface area (Å²) < 4.78 is 45.3. The number of carbonyl (C=O) groups is 1. The van der Waals surface area contributed by atoms with E-state index in [1.807, 2.05) is 13.0 Å². The van der Waals surface area contributed by atoms with E-state index in [1.165, 1.54) is 18.0 Å². The van der Waals surface area contributed by atoms with E-state index >= 15 is 0 Å². The van der Waals surface area contributed by atoms with E-state index in [2.05, 4.69) is 55.3 Å². The molecule has 4 rings (SSSR count). The van der Waals surface area contributed by atoms with Gasteiger partial charge in [-0.15, -0.1) is 0 Å². The molecule has 0 saturated heterocycles. The number of methoxy groups -OCH3 is 1. The number of aromatic nitrogens is 4. The van der Waals surface area contributed by atoms with Crippen molar-refractivity contribution in [3.05, 3.63) is 47.4 Å². The zero-order chi connectivity index (χ0) is 35.7. The topological polar surface area (TPSA) is 127 Å². The number of hydrogen-bond donors (Lipinski definition) is 1. The first-order valence-corrected chi connectivity index (χ1v) is 18.8. The van der Waals surface area contributed by atoms with Crippen LogP contribution < -0.4 is 10.2 Å². The van der Waals surface area contributed by atoms with E-state index in [4.69, 9.17) is 18.9 Å². The SMILES string of the molecule is COCCc1c(Nc2nccc(-c3cc(C#N)c4c(c3)[C@@](C)(CO[Si](C)(C)C(C)(C)C)CN4C(=O)OC(C)(C)C)n2)cnn1CC(F)F. The molecule has 1 amide bonds. The van der Waals surface area contributed by atoms with Crippen molar-refractivity contribution in [2.75, 3.05) is 37.1 Å². The second-order valence-electron chi connectivity index (χ2n) is 14.9. The first kappa shape index (κ1) is 36.9.